The molecule has 0 fully saturated rings. The van der Waals surface area contributed by atoms with E-state index >= 15 is 0 Å². The lowest BCUT2D eigenvalue weighted by Crippen LogP contribution is -2.26. The quantitative estimate of drug-likeness (QED) is 0.429. The summed E-state index contributed by atoms with van der Waals surface area (Å²) >= 11 is 0. The number of nitrogens with zero attached hydrogens (tertiary/aromatic N) is 2. The largest absolute Gasteiger partial charge is 0.351 e. The molecule has 0 aliphatic rings. The minimum Gasteiger partial charge on any atom is -0.351 e. The van der Waals surface area contributed by atoms with Crippen LogP contribution in [0.5, 0.6) is 0 Å². The number of rotatable bonds is 6. The number of benzene rings is 1. The van der Waals surface area contributed by atoms with Crippen molar-refractivity contribution in [3.63, 3.8) is 0 Å². The summed E-state index contributed by atoms with van der Waals surface area (Å²) in [6, 6.07) is 8.17. The fourth-order valence-corrected chi connectivity index (χ4v) is 2.31. The van der Waals surface area contributed by atoms with Gasteiger partial charge in [-0.05, 0) is 43.3 Å². The SMILES string of the molecule is NCCCNC(=O)c1ccc(NC(=O)Nc2ccc3[nH]ncc3c2)cn1. The fourth-order valence-electron chi connectivity index (χ4n) is 2.31. The zero-order valence-electron chi connectivity index (χ0n) is 14.0. The Bertz CT molecular complexity index is 905. The van der Waals surface area contributed by atoms with Crippen molar-refractivity contribution in [3.05, 3.63) is 48.4 Å². The number of carbonyl (C=O) groups is 2. The summed E-state index contributed by atoms with van der Waals surface area (Å²) in [5, 5.41) is 15.8. The maximum Gasteiger partial charge on any atom is 0.323 e. The lowest BCUT2D eigenvalue weighted by atomic mass is 10.2. The Morgan fingerprint density at radius 2 is 1.88 bits per heavy atom. The van der Waals surface area contributed by atoms with Gasteiger partial charge in [-0.3, -0.25) is 9.89 Å². The Balaban J connectivity index is 1.56. The minimum atomic E-state index is -0.408. The average Bonchev–Trinajstić information content (AvgIpc) is 3.10. The van der Waals surface area contributed by atoms with Crippen LogP contribution in [0.3, 0.4) is 0 Å². The normalized spacial score (nSPS) is 10.5. The topological polar surface area (TPSA) is 138 Å². The number of aromatic amines is 1. The van der Waals surface area contributed by atoms with E-state index in [1.54, 1.807) is 24.4 Å². The van der Waals surface area contributed by atoms with Gasteiger partial charge in [0, 0.05) is 17.6 Å². The van der Waals surface area contributed by atoms with Crippen LogP contribution in [0.4, 0.5) is 16.2 Å². The van der Waals surface area contributed by atoms with Gasteiger partial charge in [0.05, 0.1) is 23.6 Å². The van der Waals surface area contributed by atoms with Gasteiger partial charge in [0.1, 0.15) is 5.69 Å². The maximum atomic E-state index is 12.1. The highest BCUT2D eigenvalue weighted by atomic mass is 16.2. The Hall–Kier alpha value is -3.46. The van der Waals surface area contributed by atoms with Crippen LogP contribution in [0.25, 0.3) is 10.9 Å². The Morgan fingerprint density at radius 3 is 2.65 bits per heavy atom. The number of carbonyl (C=O) groups excluding carboxylic acids is 2. The lowest BCUT2D eigenvalue weighted by Gasteiger charge is -2.08. The van der Waals surface area contributed by atoms with Crippen molar-refractivity contribution in [2.45, 2.75) is 6.42 Å². The first-order valence-corrected chi connectivity index (χ1v) is 8.11. The van der Waals surface area contributed by atoms with Crippen LogP contribution in [0, 0.1) is 0 Å². The second kappa shape index (κ2) is 8.08. The predicted octanol–water partition coefficient (Wildman–Crippen LogP) is 1.68. The van der Waals surface area contributed by atoms with E-state index in [0.717, 1.165) is 10.9 Å². The van der Waals surface area contributed by atoms with Gasteiger partial charge in [-0.15, -0.1) is 0 Å². The number of aromatic nitrogens is 3. The summed E-state index contributed by atoms with van der Waals surface area (Å²) in [5.74, 6) is -0.275. The van der Waals surface area contributed by atoms with Gasteiger partial charge in [0.2, 0.25) is 0 Å². The van der Waals surface area contributed by atoms with Gasteiger partial charge in [-0.1, -0.05) is 0 Å². The molecule has 3 rings (SSSR count). The third kappa shape index (κ3) is 4.33. The molecule has 0 saturated heterocycles. The van der Waals surface area contributed by atoms with Crippen LogP contribution in [0.1, 0.15) is 16.9 Å². The highest BCUT2D eigenvalue weighted by Crippen LogP contribution is 2.17. The van der Waals surface area contributed by atoms with Gasteiger partial charge in [-0.25, -0.2) is 9.78 Å². The highest BCUT2D eigenvalue weighted by molar-refractivity contribution is 6.01. The maximum absolute atomic E-state index is 12.1. The van der Waals surface area contributed by atoms with E-state index in [9.17, 15) is 9.59 Å². The van der Waals surface area contributed by atoms with Gasteiger partial charge < -0.3 is 21.7 Å². The Labute approximate surface area is 149 Å². The minimum absolute atomic E-state index is 0.275. The molecule has 1 aromatic carbocycles. The summed E-state index contributed by atoms with van der Waals surface area (Å²) < 4.78 is 0. The Kier molecular flexibility index (Phi) is 5.40. The summed E-state index contributed by atoms with van der Waals surface area (Å²) in [6.45, 7) is 1.01. The molecule has 9 heteroatoms. The van der Waals surface area contributed by atoms with Crippen LogP contribution >= 0.6 is 0 Å². The molecule has 0 unspecified atom stereocenters. The number of hydrogen-bond donors (Lipinski definition) is 5. The molecule has 3 aromatic rings. The molecule has 0 spiro atoms. The molecule has 0 atom stereocenters. The molecule has 3 amide bonds. The summed E-state index contributed by atoms with van der Waals surface area (Å²) in [7, 11) is 0. The van der Waals surface area contributed by atoms with Crippen molar-refractivity contribution in [2.75, 3.05) is 23.7 Å². The van der Waals surface area contributed by atoms with Gasteiger partial charge in [-0.2, -0.15) is 5.10 Å². The van der Waals surface area contributed by atoms with Gasteiger partial charge in [0.25, 0.3) is 5.91 Å². The number of amides is 3. The zero-order chi connectivity index (χ0) is 18.4. The number of nitrogens with one attached hydrogen (secondary N) is 4. The van der Waals surface area contributed by atoms with Crippen molar-refractivity contribution in [2.24, 2.45) is 5.73 Å². The van der Waals surface area contributed by atoms with E-state index in [-0.39, 0.29) is 11.6 Å². The molecule has 2 aromatic heterocycles. The smallest absolute Gasteiger partial charge is 0.323 e. The van der Waals surface area contributed by atoms with Crippen molar-refractivity contribution in [3.8, 4) is 0 Å². The lowest BCUT2D eigenvalue weighted by molar-refractivity contribution is 0.0948. The average molecular weight is 353 g/mol. The van der Waals surface area contributed by atoms with E-state index in [2.05, 4.69) is 31.1 Å². The molecule has 26 heavy (non-hydrogen) atoms. The summed E-state index contributed by atoms with van der Waals surface area (Å²) in [6.07, 6.45) is 3.81. The van der Waals surface area contributed by atoms with E-state index in [0.29, 0.717) is 30.9 Å². The number of hydrogen-bond acceptors (Lipinski definition) is 5. The van der Waals surface area contributed by atoms with Crippen LogP contribution in [-0.4, -0.2) is 40.2 Å². The number of H-pyrrole nitrogens is 1. The first-order valence-electron chi connectivity index (χ1n) is 8.11. The molecule has 0 saturated carbocycles. The Morgan fingerprint density at radius 1 is 1.08 bits per heavy atom. The molecular weight excluding hydrogens is 334 g/mol. The molecule has 6 N–H and O–H groups in total. The van der Waals surface area contributed by atoms with Crippen molar-refractivity contribution < 1.29 is 9.59 Å². The molecule has 0 aliphatic heterocycles. The van der Waals surface area contributed by atoms with E-state index in [4.69, 9.17) is 5.73 Å². The van der Waals surface area contributed by atoms with Crippen molar-refractivity contribution in [1.29, 1.82) is 0 Å². The molecule has 0 radical (unpaired) electrons. The second-order valence-corrected chi connectivity index (χ2v) is 5.58. The van der Waals surface area contributed by atoms with Gasteiger partial charge >= 0.3 is 6.03 Å². The fraction of sp³-hybridized carbons (Fsp3) is 0.176. The number of pyridine rings is 1. The standard InChI is InChI=1S/C17H19N7O2/c18-6-1-7-19-16(25)15-5-3-13(10-20-15)23-17(26)22-12-2-4-14-11(8-12)9-21-24-14/h2-5,8-10H,1,6-7,18H2,(H,19,25)(H,21,24)(H2,22,23,26). The number of fused-ring (bicyclic) bond motifs is 1. The van der Waals surface area contributed by atoms with Crippen LogP contribution in [-0.2, 0) is 0 Å². The third-order valence-corrected chi connectivity index (χ3v) is 3.62. The van der Waals surface area contributed by atoms with E-state index in [1.807, 2.05) is 12.1 Å². The van der Waals surface area contributed by atoms with E-state index < -0.39 is 6.03 Å². The number of urea groups is 1. The van der Waals surface area contributed by atoms with Crippen LogP contribution < -0.4 is 21.7 Å². The van der Waals surface area contributed by atoms with Crippen LogP contribution in [0.15, 0.2) is 42.7 Å². The van der Waals surface area contributed by atoms with Crippen LogP contribution in [0.2, 0.25) is 0 Å². The van der Waals surface area contributed by atoms with E-state index in [1.165, 1.54) is 6.20 Å². The second-order valence-electron chi connectivity index (χ2n) is 5.58. The molecule has 0 aliphatic carbocycles. The van der Waals surface area contributed by atoms with Crippen molar-refractivity contribution in [1.82, 2.24) is 20.5 Å². The summed E-state index contributed by atoms with van der Waals surface area (Å²) in [5.41, 5.74) is 7.66. The van der Waals surface area contributed by atoms with Gasteiger partial charge in [0.15, 0.2) is 0 Å². The predicted molar refractivity (Wildman–Crippen MR) is 99.0 cm³/mol. The first-order chi connectivity index (χ1) is 12.7. The number of anilines is 2. The summed E-state index contributed by atoms with van der Waals surface area (Å²) in [4.78, 5) is 28.0. The molecular formula is C17H19N7O2. The molecule has 0 bridgehead atoms. The monoisotopic (exact) mass is 353 g/mol. The highest BCUT2D eigenvalue weighted by Gasteiger charge is 2.08. The molecule has 134 valence electrons. The molecule has 9 nitrogen and oxygen atoms in total. The number of nitrogens with two attached hydrogens (primary N) is 1. The zero-order valence-corrected chi connectivity index (χ0v) is 14.0. The molecule has 2 heterocycles. The van der Waals surface area contributed by atoms with Crippen molar-refractivity contribution >= 4 is 34.2 Å². The third-order valence-electron chi connectivity index (χ3n) is 3.62. The first kappa shape index (κ1) is 17.4.